The molecule has 0 bridgehead atoms. The molecule has 1 unspecified atom stereocenters. The highest BCUT2D eigenvalue weighted by Crippen LogP contribution is 2.33. The average Bonchev–Trinajstić information content (AvgIpc) is 2.57. The lowest BCUT2D eigenvalue weighted by Crippen LogP contribution is -2.17. The van der Waals surface area contributed by atoms with Gasteiger partial charge in [-0.3, -0.25) is 0 Å². The summed E-state index contributed by atoms with van der Waals surface area (Å²) in [7, 11) is -3.61. The summed E-state index contributed by atoms with van der Waals surface area (Å²) < 4.78 is 47.3. The molecule has 1 aromatic heterocycles. The Bertz CT molecular complexity index is 501. The fourth-order valence-electron chi connectivity index (χ4n) is 0.921. The van der Waals surface area contributed by atoms with Gasteiger partial charge in [-0.25, -0.2) is 9.19 Å². The second-order valence-electron chi connectivity index (χ2n) is 2.46. The highest BCUT2D eigenvalue weighted by molar-refractivity contribution is 7.86. The maximum atomic E-state index is 12.1. The van der Waals surface area contributed by atoms with E-state index >= 15 is 0 Å². The predicted molar refractivity (Wildman–Crippen MR) is 44.6 cm³/mol. The van der Waals surface area contributed by atoms with E-state index in [0.717, 1.165) is 0 Å². The third-order valence-corrected chi connectivity index (χ3v) is 2.72. The van der Waals surface area contributed by atoms with Crippen molar-refractivity contribution in [1.82, 2.24) is 4.98 Å². The van der Waals surface area contributed by atoms with Gasteiger partial charge in [0, 0.05) is 0 Å². The minimum Gasteiger partial charge on any atom is -0.358 e. The summed E-state index contributed by atoms with van der Waals surface area (Å²) in [5.41, 5.74) is -5.82. The number of H-pyrrole nitrogens is 1. The summed E-state index contributed by atoms with van der Waals surface area (Å²) in [4.78, 5) is 9.89. The molecule has 6 nitrogen and oxygen atoms in total. The van der Waals surface area contributed by atoms with Crippen LogP contribution in [0.3, 0.4) is 0 Å². The third kappa shape index (κ3) is 2.03. The minimum atomic E-state index is -5.15. The van der Waals surface area contributed by atoms with Crippen LogP contribution in [-0.2, 0) is 10.8 Å². The van der Waals surface area contributed by atoms with Gasteiger partial charge in [0.05, 0.1) is 0 Å². The van der Waals surface area contributed by atoms with Gasteiger partial charge in [0.25, 0.3) is 0 Å². The normalized spacial score (nSPS) is 13.1. The van der Waals surface area contributed by atoms with Gasteiger partial charge in [0.2, 0.25) is 0 Å². The van der Waals surface area contributed by atoms with E-state index in [1.54, 1.807) is 0 Å². The molecule has 0 radical (unpaired) electrons. The molecule has 0 aliphatic heterocycles. The van der Waals surface area contributed by atoms with Crippen LogP contribution in [0.25, 0.3) is 0 Å². The Morgan fingerprint density at radius 2 is 2.12 bits per heavy atom. The van der Waals surface area contributed by atoms with Crippen molar-refractivity contribution < 1.29 is 22.3 Å². The van der Waals surface area contributed by atoms with Crippen LogP contribution < -0.4 is 0 Å². The van der Waals surface area contributed by atoms with Crippen LogP contribution >= 0.6 is 0 Å². The number of rotatable bonds is 2. The smallest absolute Gasteiger partial charge is 0.358 e. The highest BCUT2D eigenvalue weighted by Gasteiger charge is 2.43. The van der Waals surface area contributed by atoms with E-state index in [9.17, 15) is 27.5 Å². The Balaban J connectivity index is 3.42. The maximum absolute atomic E-state index is 12.1. The molecule has 0 aliphatic carbocycles. The number of aromatic nitrogens is 1. The van der Waals surface area contributed by atoms with Crippen LogP contribution in [-0.4, -0.2) is 19.6 Å². The van der Waals surface area contributed by atoms with Gasteiger partial charge in [0.15, 0.2) is 15.7 Å². The number of nitro groups is 1. The number of nitrogens with zero attached hydrogens (tertiary/aromatic N) is 2. The zero-order valence-electron chi connectivity index (χ0n) is 7.24. The standard InChI is InChI=1S/C6H2F3N3O3S/c7-6(8,9)16(15)4-3(1-10)2-11-5(4)12(13)14/h2,11H. The van der Waals surface area contributed by atoms with Crippen LogP contribution in [0.4, 0.5) is 19.0 Å². The SMILES string of the molecule is N#Cc1c[nH]c([N+](=O)[O-])c1S(=O)C(F)(F)F. The minimum absolute atomic E-state index is 0.664. The number of halogens is 3. The first-order valence-electron chi connectivity index (χ1n) is 3.53. The summed E-state index contributed by atoms with van der Waals surface area (Å²) >= 11 is 0. The summed E-state index contributed by atoms with van der Waals surface area (Å²) in [5.74, 6) is -1.09. The zero-order valence-corrected chi connectivity index (χ0v) is 8.06. The van der Waals surface area contributed by atoms with E-state index in [1.807, 2.05) is 4.98 Å². The number of hydrogen-bond acceptors (Lipinski definition) is 4. The van der Waals surface area contributed by atoms with Gasteiger partial charge in [-0.2, -0.15) is 18.4 Å². The van der Waals surface area contributed by atoms with E-state index in [0.29, 0.717) is 6.20 Å². The first-order chi connectivity index (χ1) is 7.29. The molecule has 10 heteroatoms. The van der Waals surface area contributed by atoms with Crippen LogP contribution in [0.5, 0.6) is 0 Å². The molecule has 1 atom stereocenters. The molecule has 1 heterocycles. The number of nitrogens with one attached hydrogen (secondary N) is 1. The molecule has 16 heavy (non-hydrogen) atoms. The van der Waals surface area contributed by atoms with Crippen molar-refractivity contribution in [3.05, 3.63) is 21.9 Å². The van der Waals surface area contributed by atoms with Crippen molar-refractivity contribution >= 4 is 16.6 Å². The van der Waals surface area contributed by atoms with Crippen molar-refractivity contribution in [1.29, 1.82) is 5.26 Å². The van der Waals surface area contributed by atoms with E-state index in [1.165, 1.54) is 6.07 Å². The highest BCUT2D eigenvalue weighted by atomic mass is 32.2. The van der Waals surface area contributed by atoms with Crippen LogP contribution in [0.2, 0.25) is 0 Å². The number of hydrogen-bond donors (Lipinski definition) is 1. The fraction of sp³-hybridized carbons (Fsp3) is 0.167. The Morgan fingerprint density at radius 3 is 2.50 bits per heavy atom. The molecule has 1 N–H and O–H groups in total. The first-order valence-corrected chi connectivity index (χ1v) is 4.68. The van der Waals surface area contributed by atoms with Crippen molar-refractivity contribution in [2.75, 3.05) is 0 Å². The molecule has 86 valence electrons. The fourth-order valence-corrected chi connectivity index (χ4v) is 1.77. The lowest BCUT2D eigenvalue weighted by molar-refractivity contribution is -0.392. The summed E-state index contributed by atoms with van der Waals surface area (Å²) in [5, 5.41) is 18.8. The molecule has 0 aliphatic rings. The van der Waals surface area contributed by atoms with Crippen molar-refractivity contribution in [2.24, 2.45) is 0 Å². The summed E-state index contributed by atoms with van der Waals surface area (Å²) in [6.45, 7) is 0. The average molecular weight is 253 g/mol. The lowest BCUT2D eigenvalue weighted by atomic mass is 10.4. The maximum Gasteiger partial charge on any atom is 0.476 e. The Hall–Kier alpha value is -1.89. The van der Waals surface area contributed by atoms with Gasteiger partial charge in [-0.1, -0.05) is 0 Å². The van der Waals surface area contributed by atoms with Crippen LogP contribution in [0.1, 0.15) is 5.56 Å². The van der Waals surface area contributed by atoms with Crippen LogP contribution in [0.15, 0.2) is 11.1 Å². The number of alkyl halides is 3. The Labute approximate surface area is 88.3 Å². The lowest BCUT2D eigenvalue weighted by Gasteiger charge is -2.04. The van der Waals surface area contributed by atoms with Gasteiger partial charge in [0.1, 0.15) is 17.8 Å². The number of aromatic amines is 1. The van der Waals surface area contributed by atoms with E-state index in [2.05, 4.69) is 0 Å². The first kappa shape index (κ1) is 12.2. The molecule has 0 amide bonds. The third-order valence-electron chi connectivity index (χ3n) is 1.51. The molecule has 0 saturated heterocycles. The molecule has 0 fully saturated rings. The molecular weight excluding hydrogens is 251 g/mol. The van der Waals surface area contributed by atoms with Crippen molar-refractivity contribution in [2.45, 2.75) is 10.4 Å². The van der Waals surface area contributed by atoms with Gasteiger partial charge in [-0.05, 0) is 4.92 Å². The van der Waals surface area contributed by atoms with Crippen molar-refractivity contribution in [3.63, 3.8) is 0 Å². The molecule has 0 saturated carbocycles. The molecule has 0 aromatic carbocycles. The summed E-state index contributed by atoms with van der Waals surface area (Å²) in [6.07, 6.45) is 0.705. The quantitative estimate of drug-likeness (QED) is 0.636. The van der Waals surface area contributed by atoms with Gasteiger partial charge in [-0.15, -0.1) is 0 Å². The summed E-state index contributed by atoms with van der Waals surface area (Å²) in [6, 6.07) is 1.30. The second-order valence-corrected chi connectivity index (χ2v) is 3.87. The topological polar surface area (TPSA) is 99.8 Å². The van der Waals surface area contributed by atoms with Crippen LogP contribution in [0, 0.1) is 21.4 Å². The van der Waals surface area contributed by atoms with E-state index in [-0.39, 0.29) is 0 Å². The molecular formula is C6H2F3N3O3S. The van der Waals surface area contributed by atoms with Gasteiger partial charge < -0.3 is 10.1 Å². The second kappa shape index (κ2) is 3.93. The molecule has 0 spiro atoms. The zero-order chi connectivity index (χ0) is 12.5. The molecule has 1 rings (SSSR count). The molecule has 1 aromatic rings. The Kier molecular flexibility index (Phi) is 2.99. The van der Waals surface area contributed by atoms with Crippen molar-refractivity contribution in [3.8, 4) is 6.07 Å². The van der Waals surface area contributed by atoms with E-state index < -0.39 is 37.5 Å². The monoisotopic (exact) mass is 253 g/mol. The van der Waals surface area contributed by atoms with E-state index in [4.69, 9.17) is 5.26 Å². The van der Waals surface area contributed by atoms with Gasteiger partial charge >= 0.3 is 11.3 Å². The number of nitriles is 1. The predicted octanol–water partition coefficient (Wildman–Crippen LogP) is 1.42. The Morgan fingerprint density at radius 1 is 1.56 bits per heavy atom. The largest absolute Gasteiger partial charge is 0.476 e.